The number of hydrogen-bond acceptors (Lipinski definition) is 4. The summed E-state index contributed by atoms with van der Waals surface area (Å²) in [7, 11) is -1.85. The lowest BCUT2D eigenvalue weighted by Crippen LogP contribution is -2.33. The molecule has 2 rings (SSSR count). The van der Waals surface area contributed by atoms with Crippen LogP contribution in [0.3, 0.4) is 0 Å². The van der Waals surface area contributed by atoms with Gasteiger partial charge in [0.1, 0.15) is 18.0 Å². The minimum absolute atomic E-state index is 0.214. The molecular formula is C8H7BFN3O2. The lowest BCUT2D eigenvalue weighted by atomic mass is 9.80. The van der Waals surface area contributed by atoms with Crippen molar-refractivity contribution in [1.29, 1.82) is 0 Å². The highest BCUT2D eigenvalue weighted by Gasteiger charge is 2.17. The van der Waals surface area contributed by atoms with Crippen LogP contribution in [0.15, 0.2) is 31.0 Å². The van der Waals surface area contributed by atoms with Crippen molar-refractivity contribution < 1.29 is 14.4 Å². The molecule has 0 saturated carbocycles. The Hall–Kier alpha value is -1.73. The molecule has 0 aromatic carbocycles. The van der Waals surface area contributed by atoms with E-state index >= 15 is 0 Å². The SMILES string of the molecule is OB(O)c1cc(-n2ccnc2)ncc1F. The molecule has 0 aliphatic rings. The first-order valence-corrected chi connectivity index (χ1v) is 4.18. The molecular weight excluding hydrogens is 200 g/mol. The number of aromatic nitrogens is 3. The molecule has 0 aliphatic carbocycles. The van der Waals surface area contributed by atoms with E-state index in [4.69, 9.17) is 10.0 Å². The maximum atomic E-state index is 13.1. The topological polar surface area (TPSA) is 71.2 Å². The molecule has 0 amide bonds. The zero-order valence-electron chi connectivity index (χ0n) is 7.58. The highest BCUT2D eigenvalue weighted by molar-refractivity contribution is 6.58. The van der Waals surface area contributed by atoms with Crippen LogP contribution >= 0.6 is 0 Å². The van der Waals surface area contributed by atoms with Gasteiger partial charge in [-0.2, -0.15) is 0 Å². The Morgan fingerprint density at radius 3 is 2.80 bits per heavy atom. The van der Waals surface area contributed by atoms with Gasteiger partial charge in [0.2, 0.25) is 0 Å². The van der Waals surface area contributed by atoms with Crippen LogP contribution in [0.4, 0.5) is 4.39 Å². The summed E-state index contributed by atoms with van der Waals surface area (Å²) in [6, 6.07) is 1.25. The van der Waals surface area contributed by atoms with E-state index in [1.54, 1.807) is 12.4 Å². The molecule has 2 aromatic rings. The van der Waals surface area contributed by atoms with Crippen LogP contribution in [0.5, 0.6) is 0 Å². The zero-order chi connectivity index (χ0) is 10.8. The van der Waals surface area contributed by atoms with Crippen molar-refractivity contribution in [2.45, 2.75) is 0 Å². The number of nitrogens with zero attached hydrogens (tertiary/aromatic N) is 3. The molecule has 76 valence electrons. The van der Waals surface area contributed by atoms with E-state index in [-0.39, 0.29) is 5.46 Å². The Bertz CT molecular complexity index is 461. The van der Waals surface area contributed by atoms with E-state index in [0.717, 1.165) is 6.20 Å². The van der Waals surface area contributed by atoms with Crippen LogP contribution in [0, 0.1) is 5.82 Å². The number of hydrogen-bond donors (Lipinski definition) is 2. The Balaban J connectivity index is 2.48. The molecule has 0 atom stereocenters. The fraction of sp³-hybridized carbons (Fsp3) is 0. The monoisotopic (exact) mass is 207 g/mol. The van der Waals surface area contributed by atoms with E-state index in [1.165, 1.54) is 17.0 Å². The average molecular weight is 207 g/mol. The summed E-state index contributed by atoms with van der Waals surface area (Å²) in [4.78, 5) is 7.59. The van der Waals surface area contributed by atoms with Crippen LogP contribution in [0.2, 0.25) is 0 Å². The first-order chi connectivity index (χ1) is 7.18. The van der Waals surface area contributed by atoms with E-state index in [2.05, 4.69) is 9.97 Å². The first kappa shape index (κ1) is 9.82. The van der Waals surface area contributed by atoms with Crippen molar-refractivity contribution in [2.75, 3.05) is 0 Å². The molecule has 5 nitrogen and oxygen atoms in total. The molecule has 0 bridgehead atoms. The molecule has 2 aromatic heterocycles. The third kappa shape index (κ3) is 1.88. The zero-order valence-corrected chi connectivity index (χ0v) is 7.58. The second-order valence-corrected chi connectivity index (χ2v) is 2.91. The van der Waals surface area contributed by atoms with Crippen molar-refractivity contribution in [1.82, 2.24) is 14.5 Å². The molecule has 0 saturated heterocycles. The van der Waals surface area contributed by atoms with Gasteiger partial charge in [-0.25, -0.2) is 14.4 Å². The minimum Gasteiger partial charge on any atom is -0.423 e. The molecule has 2 heterocycles. The second-order valence-electron chi connectivity index (χ2n) is 2.91. The van der Waals surface area contributed by atoms with Gasteiger partial charge in [-0.15, -0.1) is 0 Å². The van der Waals surface area contributed by atoms with E-state index in [9.17, 15) is 4.39 Å². The average Bonchev–Trinajstić information content (AvgIpc) is 2.71. The molecule has 0 unspecified atom stereocenters. The summed E-state index contributed by atoms with van der Waals surface area (Å²) in [6.45, 7) is 0. The number of imidazole rings is 1. The van der Waals surface area contributed by atoms with Gasteiger partial charge >= 0.3 is 7.12 Å². The van der Waals surface area contributed by atoms with E-state index in [0.29, 0.717) is 5.82 Å². The maximum Gasteiger partial charge on any atom is 0.491 e. The van der Waals surface area contributed by atoms with Gasteiger partial charge in [0.25, 0.3) is 0 Å². The predicted molar refractivity (Wildman–Crippen MR) is 51.1 cm³/mol. The van der Waals surface area contributed by atoms with Gasteiger partial charge in [-0.05, 0) is 6.07 Å². The first-order valence-electron chi connectivity index (χ1n) is 4.18. The summed E-state index contributed by atoms with van der Waals surface area (Å²) < 4.78 is 14.6. The third-order valence-corrected chi connectivity index (χ3v) is 1.92. The van der Waals surface area contributed by atoms with Crippen molar-refractivity contribution in [3.63, 3.8) is 0 Å². The molecule has 7 heteroatoms. The molecule has 2 N–H and O–H groups in total. The van der Waals surface area contributed by atoms with Gasteiger partial charge in [-0.1, -0.05) is 0 Å². The van der Waals surface area contributed by atoms with Gasteiger partial charge in [0.05, 0.1) is 6.20 Å². The second kappa shape index (κ2) is 3.80. The fourth-order valence-electron chi connectivity index (χ4n) is 1.18. The Morgan fingerprint density at radius 2 is 2.20 bits per heavy atom. The number of pyridine rings is 1. The van der Waals surface area contributed by atoms with Crippen LogP contribution in [-0.2, 0) is 0 Å². The molecule has 0 spiro atoms. The van der Waals surface area contributed by atoms with Crippen molar-refractivity contribution in [3.8, 4) is 5.82 Å². The molecule has 0 fully saturated rings. The maximum absolute atomic E-state index is 13.1. The lowest BCUT2D eigenvalue weighted by Gasteiger charge is -2.05. The Morgan fingerprint density at radius 1 is 1.40 bits per heavy atom. The molecule has 15 heavy (non-hydrogen) atoms. The fourth-order valence-corrected chi connectivity index (χ4v) is 1.18. The van der Waals surface area contributed by atoms with Crippen molar-refractivity contribution >= 4 is 12.6 Å². The summed E-state index contributed by atoms with van der Waals surface area (Å²) in [6.07, 6.45) is 5.58. The quantitative estimate of drug-likeness (QED) is 0.625. The van der Waals surface area contributed by atoms with Gasteiger partial charge in [0, 0.05) is 17.9 Å². The minimum atomic E-state index is -1.85. The summed E-state index contributed by atoms with van der Waals surface area (Å²) in [5.74, 6) is -0.383. The van der Waals surface area contributed by atoms with Crippen LogP contribution in [-0.4, -0.2) is 31.7 Å². The number of rotatable bonds is 2. The van der Waals surface area contributed by atoms with E-state index in [1.807, 2.05) is 0 Å². The number of halogens is 1. The highest BCUT2D eigenvalue weighted by atomic mass is 19.1. The van der Waals surface area contributed by atoms with E-state index < -0.39 is 12.9 Å². The standard InChI is InChI=1S/C8H7BFN3O2/c10-7-4-12-8(3-6(7)9(14)15)13-2-1-11-5-13/h1-5,14-15H. The van der Waals surface area contributed by atoms with Crippen molar-refractivity contribution in [2.24, 2.45) is 0 Å². The summed E-state index contributed by atoms with van der Waals surface area (Å²) >= 11 is 0. The van der Waals surface area contributed by atoms with Gasteiger partial charge < -0.3 is 10.0 Å². The Labute approximate surface area is 85.0 Å². The lowest BCUT2D eigenvalue weighted by molar-refractivity contribution is 0.423. The van der Waals surface area contributed by atoms with Gasteiger partial charge in [-0.3, -0.25) is 4.57 Å². The predicted octanol–water partition coefficient (Wildman–Crippen LogP) is -0.914. The Kier molecular flexibility index (Phi) is 2.48. The van der Waals surface area contributed by atoms with Gasteiger partial charge in [0.15, 0.2) is 0 Å². The normalized spacial score (nSPS) is 10.3. The van der Waals surface area contributed by atoms with Crippen LogP contribution in [0.25, 0.3) is 5.82 Å². The van der Waals surface area contributed by atoms with Crippen molar-refractivity contribution in [3.05, 3.63) is 36.8 Å². The highest BCUT2D eigenvalue weighted by Crippen LogP contribution is 2.02. The van der Waals surface area contributed by atoms with Crippen LogP contribution < -0.4 is 5.46 Å². The third-order valence-electron chi connectivity index (χ3n) is 1.92. The smallest absolute Gasteiger partial charge is 0.423 e. The van der Waals surface area contributed by atoms with Crippen LogP contribution in [0.1, 0.15) is 0 Å². The largest absolute Gasteiger partial charge is 0.491 e. The summed E-state index contributed by atoms with van der Waals surface area (Å²) in [5, 5.41) is 17.8. The molecule has 0 radical (unpaired) electrons. The molecule has 0 aliphatic heterocycles. The summed E-state index contributed by atoms with van der Waals surface area (Å²) in [5.41, 5.74) is -0.214.